The molecular weight excluding hydrogens is 304 g/mol. The molecule has 4 rings (SSSR count). The number of carbonyl (C=O) groups excluding carboxylic acids is 3. The Kier molecular flexibility index (Phi) is 3.27. The zero-order valence-electron chi connectivity index (χ0n) is 13.9. The molecule has 0 unspecified atom stereocenters. The van der Waals surface area contributed by atoms with Crippen molar-refractivity contribution in [3.63, 3.8) is 0 Å². The van der Waals surface area contributed by atoms with Crippen LogP contribution in [0.15, 0.2) is 41.5 Å². The first-order chi connectivity index (χ1) is 11.4. The lowest BCUT2D eigenvalue weighted by Crippen LogP contribution is -2.39. The second kappa shape index (κ2) is 5.13. The van der Waals surface area contributed by atoms with Gasteiger partial charge in [0.25, 0.3) is 0 Å². The first kappa shape index (κ1) is 15.3. The molecule has 4 nitrogen and oxygen atoms in total. The van der Waals surface area contributed by atoms with Crippen molar-refractivity contribution in [1.29, 1.82) is 0 Å². The third kappa shape index (κ3) is 2.24. The molecule has 3 aliphatic rings. The fourth-order valence-corrected chi connectivity index (χ4v) is 4.66. The lowest BCUT2D eigenvalue weighted by atomic mass is 9.60. The zero-order valence-corrected chi connectivity index (χ0v) is 13.9. The number of allylic oxidation sites excluding steroid dienone is 1. The van der Waals surface area contributed by atoms with E-state index in [2.05, 4.69) is 13.8 Å². The Bertz CT molecular complexity index is 772. The Morgan fingerprint density at radius 2 is 1.71 bits per heavy atom. The van der Waals surface area contributed by atoms with E-state index in [1.165, 1.54) is 0 Å². The van der Waals surface area contributed by atoms with E-state index < -0.39 is 23.8 Å². The van der Waals surface area contributed by atoms with Gasteiger partial charge in [-0.3, -0.25) is 14.4 Å². The summed E-state index contributed by atoms with van der Waals surface area (Å²) >= 11 is 0. The minimum Gasteiger partial charge on any atom is -0.392 e. The van der Waals surface area contributed by atoms with Crippen LogP contribution in [0.25, 0.3) is 0 Å². The maximum Gasteiger partial charge on any atom is 0.322 e. The van der Waals surface area contributed by atoms with Gasteiger partial charge in [-0.05, 0) is 23.8 Å². The minimum absolute atomic E-state index is 0.00871. The largest absolute Gasteiger partial charge is 0.392 e. The Balaban J connectivity index is 1.85. The van der Waals surface area contributed by atoms with Crippen LogP contribution in [0.5, 0.6) is 0 Å². The van der Waals surface area contributed by atoms with Gasteiger partial charge in [-0.25, -0.2) is 0 Å². The van der Waals surface area contributed by atoms with E-state index in [-0.39, 0.29) is 17.1 Å². The first-order valence-corrected chi connectivity index (χ1v) is 8.43. The van der Waals surface area contributed by atoms with Crippen molar-refractivity contribution in [3.8, 4) is 0 Å². The maximum atomic E-state index is 12.7. The van der Waals surface area contributed by atoms with E-state index in [1.54, 1.807) is 0 Å². The Morgan fingerprint density at radius 3 is 2.42 bits per heavy atom. The number of rotatable bonds is 1. The average molecular weight is 324 g/mol. The summed E-state index contributed by atoms with van der Waals surface area (Å²) in [6.07, 6.45) is 1.87. The van der Waals surface area contributed by atoms with Crippen LogP contribution >= 0.6 is 0 Å². The molecule has 1 heterocycles. The molecule has 0 radical (unpaired) electrons. The lowest BCUT2D eigenvalue weighted by Gasteiger charge is -2.40. The van der Waals surface area contributed by atoms with Crippen molar-refractivity contribution in [2.45, 2.75) is 39.0 Å². The molecule has 1 saturated heterocycles. The highest BCUT2D eigenvalue weighted by atomic mass is 16.6. The van der Waals surface area contributed by atoms with Gasteiger partial charge in [-0.2, -0.15) is 0 Å². The summed E-state index contributed by atoms with van der Waals surface area (Å²) in [4.78, 5) is 37.4. The number of hydrogen-bond donors (Lipinski definition) is 0. The van der Waals surface area contributed by atoms with Crippen molar-refractivity contribution in [3.05, 3.63) is 47.0 Å². The topological polar surface area (TPSA) is 60.4 Å². The third-order valence-corrected chi connectivity index (χ3v) is 5.54. The molecule has 1 fully saturated rings. The lowest BCUT2D eigenvalue weighted by molar-refractivity contribution is -0.153. The molecule has 2 aliphatic carbocycles. The highest BCUT2D eigenvalue weighted by molar-refractivity contribution is 6.08. The predicted molar refractivity (Wildman–Crippen MR) is 86.9 cm³/mol. The Morgan fingerprint density at radius 1 is 1.00 bits per heavy atom. The highest BCUT2D eigenvalue weighted by Crippen LogP contribution is 2.53. The third-order valence-electron chi connectivity index (χ3n) is 5.54. The van der Waals surface area contributed by atoms with Crippen LogP contribution in [0.1, 0.15) is 44.6 Å². The quantitative estimate of drug-likeness (QED) is 0.588. The highest BCUT2D eigenvalue weighted by Gasteiger charge is 2.56. The van der Waals surface area contributed by atoms with Crippen LogP contribution in [-0.4, -0.2) is 17.7 Å². The van der Waals surface area contributed by atoms with Crippen LogP contribution in [0.3, 0.4) is 0 Å². The Labute approximate surface area is 140 Å². The molecule has 0 spiro atoms. The van der Waals surface area contributed by atoms with Crippen molar-refractivity contribution in [2.75, 3.05) is 0 Å². The van der Waals surface area contributed by atoms with Gasteiger partial charge in [0.15, 0.2) is 5.78 Å². The molecule has 1 aliphatic heterocycles. The molecule has 1 aromatic carbocycles. The van der Waals surface area contributed by atoms with Gasteiger partial charge in [0.1, 0.15) is 0 Å². The summed E-state index contributed by atoms with van der Waals surface area (Å²) in [5.74, 6) is -2.40. The van der Waals surface area contributed by atoms with Gasteiger partial charge in [0, 0.05) is 17.9 Å². The number of Topliss-reactive ketones (excluding diaryl/α,β-unsaturated/α-hetero) is 1. The van der Waals surface area contributed by atoms with E-state index >= 15 is 0 Å². The molecule has 4 heteroatoms. The second-order valence-corrected chi connectivity index (χ2v) is 7.92. The summed E-state index contributed by atoms with van der Waals surface area (Å²) < 4.78 is 4.95. The summed E-state index contributed by atoms with van der Waals surface area (Å²) in [6.45, 7) is 4.16. The first-order valence-electron chi connectivity index (χ1n) is 8.43. The molecule has 0 amide bonds. The molecule has 0 saturated carbocycles. The zero-order chi connectivity index (χ0) is 17.1. The van der Waals surface area contributed by atoms with Crippen LogP contribution in [0.4, 0.5) is 0 Å². The van der Waals surface area contributed by atoms with Crippen molar-refractivity contribution in [1.82, 2.24) is 0 Å². The number of ketones is 1. The standard InChI is InChI=1S/C20H20O4/c1-20(2)9-12-8-13(11-6-4-3-5-7-11)16-17(15(12)14(21)10-20)19(23)24-18(16)22/h3-7,13,16-17H,8-10H2,1-2H3/t13-,16-,17+/m1/s1. The van der Waals surface area contributed by atoms with Gasteiger partial charge in [-0.1, -0.05) is 49.8 Å². The van der Waals surface area contributed by atoms with E-state index in [4.69, 9.17) is 4.74 Å². The number of esters is 2. The van der Waals surface area contributed by atoms with Gasteiger partial charge in [0.05, 0.1) is 11.8 Å². The molecule has 24 heavy (non-hydrogen) atoms. The van der Waals surface area contributed by atoms with E-state index in [9.17, 15) is 14.4 Å². The smallest absolute Gasteiger partial charge is 0.322 e. The Hall–Kier alpha value is -2.23. The van der Waals surface area contributed by atoms with Gasteiger partial charge in [0.2, 0.25) is 0 Å². The maximum absolute atomic E-state index is 12.7. The summed E-state index contributed by atoms with van der Waals surface area (Å²) in [5.41, 5.74) is 2.54. The molecular formula is C20H20O4. The van der Waals surface area contributed by atoms with Gasteiger partial charge in [-0.15, -0.1) is 0 Å². The molecule has 3 atom stereocenters. The minimum atomic E-state index is -0.713. The number of fused-ring (bicyclic) bond motifs is 2. The number of benzene rings is 1. The molecule has 0 bridgehead atoms. The van der Waals surface area contributed by atoms with E-state index in [1.807, 2.05) is 30.3 Å². The van der Waals surface area contributed by atoms with Gasteiger partial charge < -0.3 is 4.74 Å². The second-order valence-electron chi connectivity index (χ2n) is 7.92. The van der Waals surface area contributed by atoms with Crippen LogP contribution in [0.2, 0.25) is 0 Å². The number of ether oxygens (including phenoxy) is 1. The number of hydrogen-bond acceptors (Lipinski definition) is 4. The normalized spacial score (nSPS) is 31.6. The summed E-state index contributed by atoms with van der Waals surface area (Å²) in [7, 11) is 0. The van der Waals surface area contributed by atoms with Crippen molar-refractivity contribution in [2.24, 2.45) is 17.3 Å². The molecule has 1 aromatic rings. The van der Waals surface area contributed by atoms with Crippen molar-refractivity contribution < 1.29 is 19.1 Å². The van der Waals surface area contributed by atoms with E-state index in [0.29, 0.717) is 18.4 Å². The summed E-state index contributed by atoms with van der Waals surface area (Å²) in [5, 5.41) is 0. The molecule has 124 valence electrons. The fraction of sp³-hybridized carbons (Fsp3) is 0.450. The summed E-state index contributed by atoms with van der Waals surface area (Å²) in [6, 6.07) is 9.77. The molecule has 0 N–H and O–H groups in total. The number of cyclic esters (lactones) is 2. The van der Waals surface area contributed by atoms with Crippen LogP contribution in [0, 0.1) is 17.3 Å². The average Bonchev–Trinajstić information content (AvgIpc) is 2.81. The predicted octanol–water partition coefficient (Wildman–Crippen LogP) is 3.18. The van der Waals surface area contributed by atoms with E-state index in [0.717, 1.165) is 17.6 Å². The van der Waals surface area contributed by atoms with Gasteiger partial charge >= 0.3 is 11.9 Å². The fourth-order valence-electron chi connectivity index (χ4n) is 4.66. The van der Waals surface area contributed by atoms with Crippen molar-refractivity contribution >= 4 is 17.7 Å². The number of carbonyl (C=O) groups is 3. The monoisotopic (exact) mass is 324 g/mol. The molecule has 0 aromatic heterocycles. The van der Waals surface area contributed by atoms with Crippen LogP contribution in [-0.2, 0) is 19.1 Å². The SMILES string of the molecule is CC1(C)CC(=O)C2=C(C[C@H](c3ccccc3)[C@H]3C(=O)OC(=O)[C@@H]23)C1. The van der Waals surface area contributed by atoms with Crippen LogP contribution < -0.4 is 0 Å².